The summed E-state index contributed by atoms with van der Waals surface area (Å²) in [6, 6.07) is 3.28. The number of nitrogens with zero attached hydrogens (tertiary/aromatic N) is 1. The zero-order valence-corrected chi connectivity index (χ0v) is 14.4. The number of hydrogen-bond donors (Lipinski definition) is 1. The van der Waals surface area contributed by atoms with Crippen LogP contribution in [-0.4, -0.2) is 44.9 Å². The summed E-state index contributed by atoms with van der Waals surface area (Å²) in [5.74, 6) is 0.0830. The molecule has 2 atom stereocenters. The van der Waals surface area contributed by atoms with Gasteiger partial charge in [-0.05, 0) is 43.9 Å². The van der Waals surface area contributed by atoms with Crippen molar-refractivity contribution in [1.29, 1.82) is 0 Å². The molecule has 2 aliphatic rings. The smallest absolute Gasteiger partial charge is 0.247 e. The lowest BCUT2D eigenvalue weighted by molar-refractivity contribution is -0.123. The van der Waals surface area contributed by atoms with E-state index in [9.17, 15) is 13.2 Å². The number of nitrogens with one attached hydrogen (secondary N) is 1. The van der Waals surface area contributed by atoms with Crippen molar-refractivity contribution in [2.75, 3.05) is 20.2 Å². The minimum absolute atomic E-state index is 0.0394. The molecule has 1 amide bonds. The molecule has 7 heteroatoms. The SMILES string of the molecule is COc1cc(C)cc(C)c1S(=O)(=O)N1CCC[C@H]2C(=O)NC[C@H]21. The van der Waals surface area contributed by atoms with Gasteiger partial charge in [0.1, 0.15) is 10.6 Å². The Bertz CT molecular complexity index is 745. The van der Waals surface area contributed by atoms with Crippen molar-refractivity contribution < 1.29 is 17.9 Å². The van der Waals surface area contributed by atoms with E-state index in [0.717, 1.165) is 12.0 Å². The molecule has 6 nitrogen and oxygen atoms in total. The molecule has 0 bridgehead atoms. The summed E-state index contributed by atoms with van der Waals surface area (Å²) >= 11 is 0. The molecular formula is C16H22N2O4S. The summed E-state index contributed by atoms with van der Waals surface area (Å²) in [6.07, 6.45) is 1.44. The summed E-state index contributed by atoms with van der Waals surface area (Å²) in [4.78, 5) is 12.1. The first-order chi connectivity index (χ1) is 10.9. The molecule has 1 N–H and O–H groups in total. The highest BCUT2D eigenvalue weighted by atomic mass is 32.2. The predicted octanol–water partition coefficient (Wildman–Crippen LogP) is 1.21. The largest absolute Gasteiger partial charge is 0.495 e. The van der Waals surface area contributed by atoms with Gasteiger partial charge in [0.05, 0.1) is 19.1 Å². The van der Waals surface area contributed by atoms with E-state index >= 15 is 0 Å². The van der Waals surface area contributed by atoms with Crippen LogP contribution >= 0.6 is 0 Å². The van der Waals surface area contributed by atoms with Gasteiger partial charge in [-0.1, -0.05) is 6.07 Å². The van der Waals surface area contributed by atoms with Crippen molar-refractivity contribution in [3.05, 3.63) is 23.3 Å². The average Bonchev–Trinajstić information content (AvgIpc) is 2.87. The topological polar surface area (TPSA) is 75.7 Å². The second-order valence-electron chi connectivity index (χ2n) is 6.29. The van der Waals surface area contributed by atoms with Crippen LogP contribution in [0, 0.1) is 19.8 Å². The Labute approximate surface area is 136 Å². The number of rotatable bonds is 3. The monoisotopic (exact) mass is 338 g/mol. The number of amides is 1. The van der Waals surface area contributed by atoms with Gasteiger partial charge >= 0.3 is 0 Å². The Balaban J connectivity index is 2.07. The third-order valence-corrected chi connectivity index (χ3v) is 6.83. The number of carbonyl (C=O) groups excluding carboxylic acids is 1. The molecular weight excluding hydrogens is 316 g/mol. The van der Waals surface area contributed by atoms with Crippen molar-refractivity contribution in [2.45, 2.75) is 37.6 Å². The van der Waals surface area contributed by atoms with Crippen molar-refractivity contribution in [2.24, 2.45) is 5.92 Å². The van der Waals surface area contributed by atoms with Crippen LogP contribution in [0.4, 0.5) is 0 Å². The molecule has 0 aliphatic carbocycles. The molecule has 126 valence electrons. The molecule has 0 saturated carbocycles. The predicted molar refractivity (Wildman–Crippen MR) is 85.9 cm³/mol. The second-order valence-corrected chi connectivity index (χ2v) is 8.12. The molecule has 2 saturated heterocycles. The van der Waals surface area contributed by atoms with Crippen LogP contribution in [-0.2, 0) is 14.8 Å². The van der Waals surface area contributed by atoms with Crippen LogP contribution in [0.3, 0.4) is 0 Å². The zero-order chi connectivity index (χ0) is 16.8. The van der Waals surface area contributed by atoms with E-state index in [0.29, 0.717) is 30.8 Å². The first kappa shape index (κ1) is 16.3. The lowest BCUT2D eigenvalue weighted by Gasteiger charge is -2.35. The van der Waals surface area contributed by atoms with Crippen LogP contribution in [0.25, 0.3) is 0 Å². The van der Waals surface area contributed by atoms with E-state index in [1.165, 1.54) is 11.4 Å². The van der Waals surface area contributed by atoms with Crippen LogP contribution in [0.2, 0.25) is 0 Å². The number of hydrogen-bond acceptors (Lipinski definition) is 4. The van der Waals surface area contributed by atoms with E-state index < -0.39 is 10.0 Å². The molecule has 2 aliphatic heterocycles. The summed E-state index contributed by atoms with van der Waals surface area (Å²) in [5.41, 5.74) is 1.62. The number of sulfonamides is 1. The van der Waals surface area contributed by atoms with Gasteiger partial charge in [0.25, 0.3) is 0 Å². The van der Waals surface area contributed by atoms with Crippen molar-refractivity contribution in [3.8, 4) is 5.75 Å². The molecule has 3 rings (SSSR count). The molecule has 0 radical (unpaired) electrons. The molecule has 2 heterocycles. The fraction of sp³-hybridized carbons (Fsp3) is 0.562. The van der Waals surface area contributed by atoms with Gasteiger partial charge in [0.2, 0.25) is 15.9 Å². The lowest BCUT2D eigenvalue weighted by Crippen LogP contribution is -2.48. The highest BCUT2D eigenvalue weighted by Gasteiger charge is 2.46. The number of carbonyl (C=O) groups is 1. The van der Waals surface area contributed by atoms with Gasteiger partial charge in [-0.3, -0.25) is 4.79 Å². The Morgan fingerprint density at radius 3 is 2.74 bits per heavy atom. The van der Waals surface area contributed by atoms with Gasteiger partial charge in [0, 0.05) is 13.1 Å². The van der Waals surface area contributed by atoms with Gasteiger partial charge in [-0.2, -0.15) is 4.31 Å². The number of aryl methyl sites for hydroxylation is 2. The van der Waals surface area contributed by atoms with Crippen molar-refractivity contribution in [3.63, 3.8) is 0 Å². The first-order valence-electron chi connectivity index (χ1n) is 7.81. The minimum Gasteiger partial charge on any atom is -0.495 e. The zero-order valence-electron chi connectivity index (χ0n) is 13.6. The average molecular weight is 338 g/mol. The number of piperidine rings is 1. The van der Waals surface area contributed by atoms with Gasteiger partial charge < -0.3 is 10.1 Å². The van der Waals surface area contributed by atoms with Crippen LogP contribution in [0.1, 0.15) is 24.0 Å². The maximum Gasteiger partial charge on any atom is 0.247 e. The standard InChI is InChI=1S/C16H22N2O4S/c1-10-7-11(2)15(14(8-10)22-3)23(20,21)18-6-4-5-12-13(18)9-17-16(12)19/h7-8,12-13H,4-6,9H2,1-3H3,(H,17,19)/t12-,13-/m1/s1. The summed E-state index contributed by atoms with van der Waals surface area (Å²) in [6.45, 7) is 4.51. The maximum atomic E-state index is 13.3. The molecule has 2 fully saturated rings. The number of benzene rings is 1. The third-order valence-electron chi connectivity index (χ3n) is 4.72. The lowest BCUT2D eigenvalue weighted by atomic mass is 9.93. The molecule has 23 heavy (non-hydrogen) atoms. The Hall–Kier alpha value is -1.60. The summed E-state index contributed by atoms with van der Waals surface area (Å²) in [7, 11) is -2.23. The van der Waals surface area contributed by atoms with Gasteiger partial charge in [-0.25, -0.2) is 8.42 Å². The molecule has 0 unspecified atom stereocenters. The fourth-order valence-corrected chi connectivity index (χ4v) is 5.77. The fourth-order valence-electron chi connectivity index (χ4n) is 3.73. The van der Waals surface area contributed by atoms with Gasteiger partial charge in [-0.15, -0.1) is 0 Å². The maximum absolute atomic E-state index is 13.3. The number of fused-ring (bicyclic) bond motifs is 1. The van der Waals surface area contributed by atoms with Crippen LogP contribution in [0.5, 0.6) is 5.75 Å². The first-order valence-corrected chi connectivity index (χ1v) is 9.25. The highest BCUT2D eigenvalue weighted by molar-refractivity contribution is 7.89. The Morgan fingerprint density at radius 1 is 1.30 bits per heavy atom. The minimum atomic E-state index is -3.71. The van der Waals surface area contributed by atoms with E-state index in [4.69, 9.17) is 4.74 Å². The van der Waals surface area contributed by atoms with Crippen LogP contribution in [0.15, 0.2) is 17.0 Å². The van der Waals surface area contributed by atoms with E-state index in [2.05, 4.69) is 5.32 Å². The third kappa shape index (κ3) is 2.61. The number of ether oxygens (including phenoxy) is 1. The van der Waals surface area contributed by atoms with Crippen molar-refractivity contribution >= 4 is 15.9 Å². The molecule has 1 aromatic rings. The Morgan fingerprint density at radius 2 is 2.04 bits per heavy atom. The van der Waals surface area contributed by atoms with Gasteiger partial charge in [0.15, 0.2) is 0 Å². The molecule has 1 aromatic carbocycles. The van der Waals surface area contributed by atoms with E-state index in [1.807, 2.05) is 13.0 Å². The molecule has 0 spiro atoms. The normalized spacial score (nSPS) is 25.1. The summed E-state index contributed by atoms with van der Waals surface area (Å²) < 4.78 is 33.3. The number of methoxy groups -OCH3 is 1. The summed E-state index contributed by atoms with van der Waals surface area (Å²) in [5, 5.41) is 2.79. The van der Waals surface area contributed by atoms with E-state index in [1.54, 1.807) is 13.0 Å². The quantitative estimate of drug-likeness (QED) is 0.899. The molecule has 0 aromatic heterocycles. The second kappa shape index (κ2) is 5.79. The highest BCUT2D eigenvalue weighted by Crippen LogP contribution is 2.36. The Kier molecular flexibility index (Phi) is 4.10. The van der Waals surface area contributed by atoms with E-state index in [-0.39, 0.29) is 22.8 Å². The van der Waals surface area contributed by atoms with Crippen LogP contribution < -0.4 is 10.1 Å². The van der Waals surface area contributed by atoms with Crippen molar-refractivity contribution in [1.82, 2.24) is 9.62 Å².